The predicted molar refractivity (Wildman–Crippen MR) is 72.2 cm³/mol. The number of aliphatic hydroxyl groups is 1. The Morgan fingerprint density at radius 1 is 1.39 bits per heavy atom. The number of aliphatic hydroxyl groups excluding tert-OH is 1. The standard InChI is InChI=1S/C13H28N2O3/c1-10(2)5-4-6-18-9-12(16)8-15-11(3)7-13(14)17/h10-12,15-16H,4-9H2,1-3H3,(H2,14,17). The third-order valence-electron chi connectivity index (χ3n) is 2.59. The first-order valence-corrected chi connectivity index (χ1v) is 6.69. The van der Waals surface area contributed by atoms with Crippen LogP contribution in [-0.4, -0.2) is 42.9 Å². The summed E-state index contributed by atoms with van der Waals surface area (Å²) in [5, 5.41) is 12.7. The summed E-state index contributed by atoms with van der Waals surface area (Å²) in [5.41, 5.74) is 5.07. The summed E-state index contributed by atoms with van der Waals surface area (Å²) in [7, 11) is 0. The lowest BCUT2D eigenvalue weighted by atomic mass is 10.1. The third-order valence-corrected chi connectivity index (χ3v) is 2.59. The van der Waals surface area contributed by atoms with Gasteiger partial charge in [-0.1, -0.05) is 13.8 Å². The van der Waals surface area contributed by atoms with Gasteiger partial charge < -0.3 is 20.9 Å². The molecule has 0 bridgehead atoms. The molecular formula is C13H28N2O3. The van der Waals surface area contributed by atoms with Crippen LogP contribution in [0, 0.1) is 5.92 Å². The van der Waals surface area contributed by atoms with Crippen molar-refractivity contribution in [3.8, 4) is 0 Å². The van der Waals surface area contributed by atoms with Crippen molar-refractivity contribution in [1.29, 1.82) is 0 Å². The van der Waals surface area contributed by atoms with Crippen LogP contribution in [0.1, 0.15) is 40.0 Å². The third kappa shape index (κ3) is 11.8. The molecule has 0 radical (unpaired) electrons. The van der Waals surface area contributed by atoms with Crippen molar-refractivity contribution in [1.82, 2.24) is 5.32 Å². The highest BCUT2D eigenvalue weighted by Crippen LogP contribution is 2.03. The van der Waals surface area contributed by atoms with Crippen LogP contribution < -0.4 is 11.1 Å². The highest BCUT2D eigenvalue weighted by molar-refractivity contribution is 5.74. The Bertz CT molecular complexity index is 222. The zero-order valence-corrected chi connectivity index (χ0v) is 11.8. The molecule has 2 atom stereocenters. The van der Waals surface area contributed by atoms with Gasteiger partial charge in [0.15, 0.2) is 0 Å². The molecule has 0 aromatic heterocycles. The van der Waals surface area contributed by atoms with Gasteiger partial charge in [0.1, 0.15) is 0 Å². The minimum atomic E-state index is -0.542. The Morgan fingerprint density at radius 3 is 2.61 bits per heavy atom. The van der Waals surface area contributed by atoms with Gasteiger partial charge in [0, 0.05) is 25.6 Å². The lowest BCUT2D eigenvalue weighted by Crippen LogP contribution is -2.38. The molecule has 18 heavy (non-hydrogen) atoms. The summed E-state index contributed by atoms with van der Waals surface area (Å²) in [5.74, 6) is 0.351. The van der Waals surface area contributed by atoms with Crippen LogP contribution in [0.25, 0.3) is 0 Å². The van der Waals surface area contributed by atoms with Gasteiger partial charge in [-0.15, -0.1) is 0 Å². The summed E-state index contributed by atoms with van der Waals surface area (Å²) in [6.07, 6.45) is 1.90. The van der Waals surface area contributed by atoms with E-state index >= 15 is 0 Å². The molecule has 0 fully saturated rings. The molecule has 0 spiro atoms. The Kier molecular flexibility index (Phi) is 9.92. The van der Waals surface area contributed by atoms with E-state index in [1.54, 1.807) is 0 Å². The topological polar surface area (TPSA) is 84.6 Å². The van der Waals surface area contributed by atoms with E-state index in [2.05, 4.69) is 19.2 Å². The first kappa shape index (κ1) is 17.4. The quantitative estimate of drug-likeness (QED) is 0.476. The number of amides is 1. The highest BCUT2D eigenvalue weighted by atomic mass is 16.5. The number of carbonyl (C=O) groups excluding carboxylic acids is 1. The second-order valence-corrected chi connectivity index (χ2v) is 5.24. The van der Waals surface area contributed by atoms with Gasteiger partial charge in [-0.2, -0.15) is 0 Å². The molecule has 5 heteroatoms. The fraction of sp³-hybridized carbons (Fsp3) is 0.923. The summed E-state index contributed by atoms with van der Waals surface area (Å²) in [4.78, 5) is 10.6. The zero-order valence-electron chi connectivity index (χ0n) is 11.8. The van der Waals surface area contributed by atoms with Crippen LogP contribution in [0.2, 0.25) is 0 Å². The van der Waals surface area contributed by atoms with Crippen molar-refractivity contribution in [3.63, 3.8) is 0 Å². The molecule has 0 saturated carbocycles. The van der Waals surface area contributed by atoms with Gasteiger partial charge in [-0.3, -0.25) is 4.79 Å². The van der Waals surface area contributed by atoms with Crippen LogP contribution in [0.15, 0.2) is 0 Å². The normalized spacial score (nSPS) is 14.7. The molecule has 0 saturated heterocycles. The molecular weight excluding hydrogens is 232 g/mol. The average Bonchev–Trinajstić information content (AvgIpc) is 2.24. The van der Waals surface area contributed by atoms with Gasteiger partial charge >= 0.3 is 0 Å². The summed E-state index contributed by atoms with van der Waals surface area (Å²) >= 11 is 0. The number of primary amides is 1. The van der Waals surface area contributed by atoms with Crippen molar-refractivity contribution in [2.75, 3.05) is 19.8 Å². The maximum atomic E-state index is 10.6. The van der Waals surface area contributed by atoms with Crippen LogP contribution in [0.5, 0.6) is 0 Å². The van der Waals surface area contributed by atoms with E-state index < -0.39 is 6.10 Å². The van der Waals surface area contributed by atoms with E-state index in [0.29, 0.717) is 25.7 Å². The van der Waals surface area contributed by atoms with Crippen LogP contribution in [0.3, 0.4) is 0 Å². The van der Waals surface area contributed by atoms with Gasteiger partial charge in [-0.25, -0.2) is 0 Å². The van der Waals surface area contributed by atoms with Gasteiger partial charge in [0.05, 0.1) is 12.7 Å². The summed E-state index contributed by atoms with van der Waals surface area (Å²) in [6, 6.07) is -0.0157. The minimum absolute atomic E-state index is 0.0157. The summed E-state index contributed by atoms with van der Waals surface area (Å²) in [6.45, 7) is 7.65. The maximum Gasteiger partial charge on any atom is 0.218 e. The second kappa shape index (κ2) is 10.3. The largest absolute Gasteiger partial charge is 0.389 e. The maximum absolute atomic E-state index is 10.6. The molecule has 2 unspecified atom stereocenters. The minimum Gasteiger partial charge on any atom is -0.389 e. The molecule has 0 aliphatic carbocycles. The number of ether oxygens (including phenoxy) is 1. The van der Waals surface area contributed by atoms with E-state index in [-0.39, 0.29) is 18.4 Å². The van der Waals surface area contributed by atoms with Crippen molar-refractivity contribution in [2.24, 2.45) is 11.7 Å². The van der Waals surface area contributed by atoms with E-state index in [4.69, 9.17) is 10.5 Å². The van der Waals surface area contributed by atoms with Gasteiger partial charge in [0.25, 0.3) is 0 Å². The van der Waals surface area contributed by atoms with Crippen LogP contribution in [-0.2, 0) is 9.53 Å². The van der Waals surface area contributed by atoms with E-state index in [1.807, 2.05) is 6.92 Å². The number of rotatable bonds is 11. The predicted octanol–water partition coefficient (Wildman–Crippen LogP) is 0.654. The molecule has 0 aliphatic rings. The Hall–Kier alpha value is -0.650. The van der Waals surface area contributed by atoms with Gasteiger partial charge in [0.2, 0.25) is 5.91 Å². The first-order valence-electron chi connectivity index (χ1n) is 6.69. The molecule has 0 rings (SSSR count). The van der Waals surface area contributed by atoms with Crippen LogP contribution >= 0.6 is 0 Å². The molecule has 0 aromatic carbocycles. The lowest BCUT2D eigenvalue weighted by molar-refractivity contribution is -0.118. The SMILES string of the molecule is CC(C)CCCOCC(O)CNC(C)CC(N)=O. The van der Waals surface area contributed by atoms with Crippen molar-refractivity contribution in [3.05, 3.63) is 0 Å². The number of hydrogen-bond donors (Lipinski definition) is 3. The fourth-order valence-electron chi connectivity index (χ4n) is 1.58. The van der Waals surface area contributed by atoms with Crippen LogP contribution in [0.4, 0.5) is 0 Å². The molecule has 0 aromatic rings. The Morgan fingerprint density at radius 2 is 2.06 bits per heavy atom. The number of carbonyl (C=O) groups is 1. The molecule has 4 N–H and O–H groups in total. The molecule has 5 nitrogen and oxygen atoms in total. The molecule has 108 valence electrons. The average molecular weight is 260 g/mol. The fourth-order valence-corrected chi connectivity index (χ4v) is 1.58. The van der Waals surface area contributed by atoms with Gasteiger partial charge in [-0.05, 0) is 25.7 Å². The van der Waals surface area contributed by atoms with Crippen molar-refractivity contribution in [2.45, 2.75) is 52.2 Å². The van der Waals surface area contributed by atoms with E-state index in [9.17, 15) is 9.90 Å². The van der Waals surface area contributed by atoms with E-state index in [0.717, 1.165) is 12.8 Å². The monoisotopic (exact) mass is 260 g/mol. The zero-order chi connectivity index (χ0) is 14.0. The Balaban J connectivity index is 3.42. The molecule has 0 heterocycles. The Labute approximate surface area is 110 Å². The van der Waals surface area contributed by atoms with Crippen molar-refractivity contribution < 1.29 is 14.6 Å². The lowest BCUT2D eigenvalue weighted by Gasteiger charge is -2.16. The molecule has 0 aliphatic heterocycles. The second-order valence-electron chi connectivity index (χ2n) is 5.24. The van der Waals surface area contributed by atoms with E-state index in [1.165, 1.54) is 0 Å². The smallest absolute Gasteiger partial charge is 0.218 e. The summed E-state index contributed by atoms with van der Waals surface area (Å²) < 4.78 is 5.38. The van der Waals surface area contributed by atoms with Crippen molar-refractivity contribution >= 4 is 5.91 Å². The highest BCUT2D eigenvalue weighted by Gasteiger charge is 2.09. The number of hydrogen-bond acceptors (Lipinski definition) is 4. The first-order chi connectivity index (χ1) is 8.41. The number of nitrogens with two attached hydrogens (primary N) is 1. The number of nitrogens with one attached hydrogen (secondary N) is 1. The molecule has 1 amide bonds.